The van der Waals surface area contributed by atoms with E-state index in [2.05, 4.69) is 81.5 Å². The molecule has 0 bridgehead atoms. The molecular formula is C60H106O6. The highest BCUT2D eigenvalue weighted by atomic mass is 16.6. The number of unbranched alkanes of at least 4 members (excludes halogenated alkanes) is 30. The number of esters is 3. The van der Waals surface area contributed by atoms with Crippen molar-refractivity contribution in [3.8, 4) is 0 Å². The average Bonchev–Trinajstić information content (AvgIpc) is 3.31. The van der Waals surface area contributed by atoms with E-state index in [1.54, 1.807) is 0 Å². The molecular weight excluding hydrogens is 817 g/mol. The van der Waals surface area contributed by atoms with Crippen LogP contribution in [-0.2, 0) is 28.6 Å². The predicted molar refractivity (Wildman–Crippen MR) is 284 cm³/mol. The van der Waals surface area contributed by atoms with Gasteiger partial charge in [0.2, 0.25) is 0 Å². The van der Waals surface area contributed by atoms with Gasteiger partial charge < -0.3 is 14.2 Å². The van der Waals surface area contributed by atoms with E-state index in [0.717, 1.165) is 70.6 Å². The quantitative estimate of drug-likeness (QED) is 0.0262. The zero-order valence-electron chi connectivity index (χ0n) is 43.7. The van der Waals surface area contributed by atoms with Gasteiger partial charge in [-0.2, -0.15) is 0 Å². The average molecular weight is 924 g/mol. The van der Waals surface area contributed by atoms with Gasteiger partial charge in [-0.15, -0.1) is 0 Å². The van der Waals surface area contributed by atoms with Crippen molar-refractivity contribution in [2.24, 2.45) is 0 Å². The molecule has 0 aliphatic rings. The minimum Gasteiger partial charge on any atom is -0.462 e. The van der Waals surface area contributed by atoms with Crippen LogP contribution in [0.2, 0.25) is 0 Å². The molecule has 0 saturated carbocycles. The normalized spacial score (nSPS) is 12.5. The maximum atomic E-state index is 12.8. The van der Waals surface area contributed by atoms with Crippen LogP contribution in [-0.4, -0.2) is 37.2 Å². The van der Waals surface area contributed by atoms with E-state index in [0.29, 0.717) is 19.3 Å². The first-order valence-corrected chi connectivity index (χ1v) is 28.3. The fourth-order valence-corrected chi connectivity index (χ4v) is 7.96. The molecule has 0 radical (unpaired) electrons. The van der Waals surface area contributed by atoms with Crippen molar-refractivity contribution < 1.29 is 28.6 Å². The summed E-state index contributed by atoms with van der Waals surface area (Å²) in [5.41, 5.74) is 0. The summed E-state index contributed by atoms with van der Waals surface area (Å²) < 4.78 is 16.8. The number of ether oxygens (including phenoxy) is 3. The second kappa shape index (κ2) is 54.7. The first-order valence-electron chi connectivity index (χ1n) is 28.3. The van der Waals surface area contributed by atoms with Crippen LogP contribution in [0.1, 0.15) is 284 Å². The van der Waals surface area contributed by atoms with Crippen LogP contribution < -0.4 is 0 Å². The lowest BCUT2D eigenvalue weighted by Gasteiger charge is -2.18. The van der Waals surface area contributed by atoms with Gasteiger partial charge in [0.1, 0.15) is 13.2 Å². The maximum absolute atomic E-state index is 12.8. The Morgan fingerprint density at radius 2 is 0.561 bits per heavy atom. The second-order valence-electron chi connectivity index (χ2n) is 18.8. The molecule has 0 aromatic carbocycles. The van der Waals surface area contributed by atoms with Gasteiger partial charge >= 0.3 is 17.9 Å². The Morgan fingerprint density at radius 1 is 0.303 bits per heavy atom. The number of rotatable bonds is 51. The zero-order valence-corrected chi connectivity index (χ0v) is 43.7. The highest BCUT2D eigenvalue weighted by molar-refractivity contribution is 5.71. The first-order chi connectivity index (χ1) is 32.5. The zero-order chi connectivity index (χ0) is 47.9. The molecule has 6 heteroatoms. The summed E-state index contributed by atoms with van der Waals surface area (Å²) in [5, 5.41) is 0. The van der Waals surface area contributed by atoms with Crippen molar-refractivity contribution in [1.82, 2.24) is 0 Å². The summed E-state index contributed by atoms with van der Waals surface area (Å²) in [6.45, 7) is 6.58. The molecule has 0 aliphatic heterocycles. The fraction of sp³-hybridized carbons (Fsp3) is 0.783. The molecule has 0 saturated heterocycles. The fourth-order valence-electron chi connectivity index (χ4n) is 7.96. The Hall–Kier alpha value is -2.89. The van der Waals surface area contributed by atoms with Gasteiger partial charge in [-0.3, -0.25) is 14.4 Å². The maximum Gasteiger partial charge on any atom is 0.306 e. The largest absolute Gasteiger partial charge is 0.462 e. The van der Waals surface area contributed by atoms with Crippen LogP contribution in [0.4, 0.5) is 0 Å². The summed E-state index contributed by atoms with van der Waals surface area (Å²) >= 11 is 0. The van der Waals surface area contributed by atoms with Gasteiger partial charge in [-0.05, 0) is 83.5 Å². The van der Waals surface area contributed by atoms with E-state index in [-0.39, 0.29) is 37.5 Å². The van der Waals surface area contributed by atoms with Gasteiger partial charge in [0, 0.05) is 19.3 Å². The molecule has 6 nitrogen and oxygen atoms in total. The number of hydrogen-bond acceptors (Lipinski definition) is 6. The molecule has 0 aromatic heterocycles. The topological polar surface area (TPSA) is 78.9 Å². The van der Waals surface area contributed by atoms with Crippen LogP contribution in [0, 0.1) is 0 Å². The first kappa shape index (κ1) is 63.1. The van der Waals surface area contributed by atoms with Crippen molar-refractivity contribution in [2.45, 2.75) is 290 Å². The van der Waals surface area contributed by atoms with Gasteiger partial charge in [0.25, 0.3) is 0 Å². The number of hydrogen-bond donors (Lipinski definition) is 0. The Morgan fingerprint density at radius 3 is 0.939 bits per heavy atom. The van der Waals surface area contributed by atoms with Crippen LogP contribution in [0.25, 0.3) is 0 Å². The van der Waals surface area contributed by atoms with E-state index in [1.165, 1.54) is 167 Å². The molecule has 0 N–H and O–H groups in total. The van der Waals surface area contributed by atoms with Gasteiger partial charge in [0.15, 0.2) is 6.10 Å². The monoisotopic (exact) mass is 923 g/mol. The summed E-state index contributed by atoms with van der Waals surface area (Å²) in [4.78, 5) is 38.1. The minimum absolute atomic E-state index is 0.0907. The van der Waals surface area contributed by atoms with E-state index in [1.807, 2.05) is 0 Å². The summed E-state index contributed by atoms with van der Waals surface area (Å²) in [7, 11) is 0. The SMILES string of the molecule is CCCCC/C=C\C/C=C\CCCCCCCCCC(=O)OC(COC(=O)CCC/C=C\C/C=C\C/C=C\CCCCCCCC)COC(=O)CCCCCCCCCCCCCCCC. The van der Waals surface area contributed by atoms with Crippen molar-refractivity contribution in [3.05, 3.63) is 60.8 Å². The van der Waals surface area contributed by atoms with E-state index in [9.17, 15) is 14.4 Å². The lowest BCUT2D eigenvalue weighted by molar-refractivity contribution is -0.167. The Labute approximate surface area is 409 Å². The summed E-state index contributed by atoms with van der Waals surface area (Å²) in [5.74, 6) is -0.943. The number of carbonyl (C=O) groups excluding carboxylic acids is 3. The third-order valence-electron chi connectivity index (χ3n) is 12.2. The van der Waals surface area contributed by atoms with E-state index < -0.39 is 6.10 Å². The molecule has 0 aromatic rings. The molecule has 66 heavy (non-hydrogen) atoms. The smallest absolute Gasteiger partial charge is 0.306 e. The number of carbonyl (C=O) groups is 3. The highest BCUT2D eigenvalue weighted by Gasteiger charge is 2.19. The molecule has 0 fully saturated rings. The molecule has 1 unspecified atom stereocenters. The standard InChI is InChI=1S/C60H106O6/c1-4-7-10-13-16-19-22-25-28-30-32-35-38-41-44-47-50-53-59(62)65-56-57(55-64-58(61)52-49-46-43-40-37-34-27-24-21-18-15-12-9-6-3)66-60(63)54-51-48-45-42-39-36-33-31-29-26-23-20-17-14-11-8-5-2/h17,20,25-26,28-29,32,35,41,44,57H,4-16,18-19,21-24,27,30-31,33-34,36-40,42-43,45-56H2,1-3H3/b20-17-,28-25-,29-26-,35-32-,44-41-. The van der Waals surface area contributed by atoms with Crippen LogP contribution in [0.3, 0.4) is 0 Å². The van der Waals surface area contributed by atoms with Crippen LogP contribution in [0.15, 0.2) is 60.8 Å². The predicted octanol–water partition coefficient (Wildman–Crippen LogP) is 18.8. The molecule has 382 valence electrons. The van der Waals surface area contributed by atoms with Crippen molar-refractivity contribution in [3.63, 3.8) is 0 Å². The van der Waals surface area contributed by atoms with Gasteiger partial charge in [-0.1, -0.05) is 242 Å². The molecule has 0 spiro atoms. The van der Waals surface area contributed by atoms with E-state index in [4.69, 9.17) is 14.2 Å². The minimum atomic E-state index is -0.797. The Kier molecular flexibility index (Phi) is 52.3. The molecule has 0 rings (SSSR count). The van der Waals surface area contributed by atoms with Crippen LogP contribution in [0.5, 0.6) is 0 Å². The molecule has 0 aliphatic carbocycles. The highest BCUT2D eigenvalue weighted by Crippen LogP contribution is 2.15. The number of allylic oxidation sites excluding steroid dienone is 10. The molecule has 0 amide bonds. The lowest BCUT2D eigenvalue weighted by atomic mass is 10.0. The lowest BCUT2D eigenvalue weighted by Crippen LogP contribution is -2.30. The van der Waals surface area contributed by atoms with Gasteiger partial charge in [0.05, 0.1) is 0 Å². The van der Waals surface area contributed by atoms with Crippen molar-refractivity contribution >= 4 is 17.9 Å². The van der Waals surface area contributed by atoms with Gasteiger partial charge in [-0.25, -0.2) is 0 Å². The summed E-state index contributed by atoms with van der Waals surface area (Å²) in [6, 6.07) is 0. The summed E-state index contributed by atoms with van der Waals surface area (Å²) in [6.07, 6.45) is 67.8. The van der Waals surface area contributed by atoms with Crippen LogP contribution >= 0.6 is 0 Å². The third kappa shape index (κ3) is 52.1. The Bertz CT molecular complexity index is 1200. The van der Waals surface area contributed by atoms with E-state index >= 15 is 0 Å². The van der Waals surface area contributed by atoms with Crippen molar-refractivity contribution in [2.75, 3.05) is 13.2 Å². The molecule has 1 atom stereocenters. The Balaban J connectivity index is 4.45. The second-order valence-corrected chi connectivity index (χ2v) is 18.8. The molecule has 0 heterocycles. The third-order valence-corrected chi connectivity index (χ3v) is 12.2. The van der Waals surface area contributed by atoms with Crippen molar-refractivity contribution in [1.29, 1.82) is 0 Å².